The van der Waals surface area contributed by atoms with Crippen molar-refractivity contribution in [3.8, 4) is 11.5 Å². The van der Waals surface area contributed by atoms with E-state index in [4.69, 9.17) is 9.47 Å². The van der Waals surface area contributed by atoms with E-state index >= 15 is 0 Å². The maximum atomic E-state index is 11.8. The fraction of sp³-hybridized carbons (Fsp3) is 0.125. The maximum absolute atomic E-state index is 11.8. The zero-order chi connectivity index (χ0) is 19.9. The van der Waals surface area contributed by atoms with Crippen molar-refractivity contribution in [1.82, 2.24) is 0 Å². The average molecular weight is 374 g/mol. The first-order valence-corrected chi connectivity index (χ1v) is 8.93. The third-order valence-electron chi connectivity index (χ3n) is 4.33. The molecule has 0 aliphatic carbocycles. The molecule has 0 fully saturated rings. The lowest BCUT2D eigenvalue weighted by molar-refractivity contribution is -0.130. The monoisotopic (exact) mass is 374 g/mol. The highest BCUT2D eigenvalue weighted by atomic mass is 16.5. The van der Waals surface area contributed by atoms with Crippen LogP contribution < -0.4 is 9.47 Å². The van der Waals surface area contributed by atoms with E-state index in [9.17, 15) is 9.90 Å². The summed E-state index contributed by atoms with van der Waals surface area (Å²) in [7, 11) is 1.57. The summed E-state index contributed by atoms with van der Waals surface area (Å²) >= 11 is 0. The number of carboxylic acids is 1. The van der Waals surface area contributed by atoms with Crippen LogP contribution in [0, 0.1) is 6.92 Å². The molecular formula is C24H22O4. The van der Waals surface area contributed by atoms with Crippen LogP contribution in [-0.2, 0) is 11.4 Å². The van der Waals surface area contributed by atoms with Crippen molar-refractivity contribution in [3.63, 3.8) is 0 Å². The van der Waals surface area contributed by atoms with Crippen LogP contribution in [0.15, 0.2) is 72.8 Å². The van der Waals surface area contributed by atoms with Gasteiger partial charge in [0, 0.05) is 0 Å². The highest BCUT2D eigenvalue weighted by Crippen LogP contribution is 2.23. The second kappa shape index (κ2) is 8.91. The van der Waals surface area contributed by atoms with E-state index in [2.05, 4.69) is 0 Å². The number of carbonyl (C=O) groups is 1. The van der Waals surface area contributed by atoms with Crippen molar-refractivity contribution in [2.75, 3.05) is 7.11 Å². The lowest BCUT2D eigenvalue weighted by Crippen LogP contribution is -2.00. The standard InChI is InChI=1S/C24H22O4/c1-17-6-8-18(9-7-17)16-28-22-5-3-4-19(14-22)15-23(24(25)26)20-10-12-21(27-2)13-11-20/h3-15H,16H2,1-2H3,(H,25,26)/b23-15-. The van der Waals surface area contributed by atoms with Crippen LogP contribution in [0.5, 0.6) is 11.5 Å². The van der Waals surface area contributed by atoms with Crippen molar-refractivity contribution in [1.29, 1.82) is 0 Å². The topological polar surface area (TPSA) is 55.8 Å². The van der Waals surface area contributed by atoms with Gasteiger partial charge in [0.2, 0.25) is 0 Å². The minimum atomic E-state index is -0.990. The molecule has 0 aliphatic rings. The lowest BCUT2D eigenvalue weighted by atomic mass is 10.0. The third kappa shape index (κ3) is 5.01. The molecule has 3 aromatic rings. The maximum Gasteiger partial charge on any atom is 0.336 e. The van der Waals surface area contributed by atoms with Gasteiger partial charge in [-0.1, -0.05) is 54.1 Å². The van der Waals surface area contributed by atoms with Gasteiger partial charge < -0.3 is 14.6 Å². The molecule has 0 heterocycles. The second-order valence-electron chi connectivity index (χ2n) is 6.44. The molecule has 0 amide bonds. The molecule has 3 aromatic carbocycles. The van der Waals surface area contributed by atoms with Gasteiger partial charge in [0.05, 0.1) is 12.7 Å². The molecule has 0 unspecified atom stereocenters. The predicted molar refractivity (Wildman–Crippen MR) is 110 cm³/mol. The second-order valence-corrected chi connectivity index (χ2v) is 6.44. The molecule has 28 heavy (non-hydrogen) atoms. The predicted octanol–water partition coefficient (Wildman–Crippen LogP) is 5.21. The van der Waals surface area contributed by atoms with Crippen LogP contribution in [0.3, 0.4) is 0 Å². The molecule has 142 valence electrons. The minimum Gasteiger partial charge on any atom is -0.497 e. The number of hydrogen-bond acceptors (Lipinski definition) is 3. The van der Waals surface area contributed by atoms with Crippen LogP contribution in [0.25, 0.3) is 11.6 Å². The summed E-state index contributed by atoms with van der Waals surface area (Å²) in [5, 5.41) is 9.63. The normalized spacial score (nSPS) is 11.1. The fourth-order valence-electron chi connectivity index (χ4n) is 2.75. The Morgan fingerprint density at radius 1 is 0.964 bits per heavy atom. The molecule has 0 spiro atoms. The molecule has 0 radical (unpaired) electrons. The summed E-state index contributed by atoms with van der Waals surface area (Å²) in [6.45, 7) is 2.50. The van der Waals surface area contributed by atoms with Gasteiger partial charge in [0.25, 0.3) is 0 Å². The quantitative estimate of drug-likeness (QED) is 0.456. The van der Waals surface area contributed by atoms with Crippen LogP contribution in [0.4, 0.5) is 0 Å². The van der Waals surface area contributed by atoms with E-state index in [1.807, 2.05) is 55.5 Å². The molecule has 0 aliphatic heterocycles. The minimum absolute atomic E-state index is 0.207. The molecule has 0 saturated carbocycles. The number of aryl methyl sites for hydroxylation is 1. The molecule has 4 nitrogen and oxygen atoms in total. The smallest absolute Gasteiger partial charge is 0.336 e. The van der Waals surface area contributed by atoms with Gasteiger partial charge in [-0.15, -0.1) is 0 Å². The van der Waals surface area contributed by atoms with Crippen molar-refractivity contribution in [3.05, 3.63) is 95.1 Å². The fourth-order valence-corrected chi connectivity index (χ4v) is 2.75. The van der Waals surface area contributed by atoms with E-state index in [0.717, 1.165) is 11.1 Å². The largest absolute Gasteiger partial charge is 0.497 e. The average Bonchev–Trinajstić information content (AvgIpc) is 2.72. The number of hydrogen-bond donors (Lipinski definition) is 1. The summed E-state index contributed by atoms with van der Waals surface area (Å²) < 4.78 is 11.0. The SMILES string of the molecule is COc1ccc(/C(=C/c2cccc(OCc3ccc(C)cc3)c2)C(=O)O)cc1. The van der Waals surface area contributed by atoms with Gasteiger partial charge in [0.1, 0.15) is 18.1 Å². The molecule has 3 rings (SSSR count). The van der Waals surface area contributed by atoms with Gasteiger partial charge >= 0.3 is 5.97 Å². The third-order valence-corrected chi connectivity index (χ3v) is 4.33. The molecule has 0 aromatic heterocycles. The Balaban J connectivity index is 1.80. The van der Waals surface area contributed by atoms with Crippen LogP contribution >= 0.6 is 0 Å². The van der Waals surface area contributed by atoms with Crippen LogP contribution in [0.2, 0.25) is 0 Å². The van der Waals surface area contributed by atoms with Gasteiger partial charge in [-0.05, 0) is 54.0 Å². The summed E-state index contributed by atoms with van der Waals surface area (Å²) in [4.78, 5) is 11.8. The lowest BCUT2D eigenvalue weighted by Gasteiger charge is -2.08. The zero-order valence-electron chi connectivity index (χ0n) is 15.9. The number of carboxylic acid groups (broad SMARTS) is 1. The Bertz CT molecular complexity index is 970. The zero-order valence-corrected chi connectivity index (χ0v) is 15.9. The first kappa shape index (κ1) is 19.2. The number of methoxy groups -OCH3 is 1. The highest BCUT2D eigenvalue weighted by molar-refractivity contribution is 6.20. The van der Waals surface area contributed by atoms with E-state index in [1.165, 1.54) is 5.56 Å². The van der Waals surface area contributed by atoms with Crippen molar-refractivity contribution >= 4 is 17.6 Å². The van der Waals surface area contributed by atoms with Crippen LogP contribution in [0.1, 0.15) is 22.3 Å². The van der Waals surface area contributed by atoms with E-state index in [0.29, 0.717) is 23.7 Å². The number of benzene rings is 3. The Kier molecular flexibility index (Phi) is 6.12. The van der Waals surface area contributed by atoms with Gasteiger partial charge in [-0.25, -0.2) is 4.79 Å². The van der Waals surface area contributed by atoms with Gasteiger partial charge in [-0.3, -0.25) is 0 Å². The van der Waals surface area contributed by atoms with E-state index in [1.54, 1.807) is 37.5 Å². The Hall–Kier alpha value is -3.53. The summed E-state index contributed by atoms with van der Waals surface area (Å²) in [5.41, 5.74) is 3.86. The molecule has 1 N–H and O–H groups in total. The molecule has 0 bridgehead atoms. The first-order valence-electron chi connectivity index (χ1n) is 8.93. The van der Waals surface area contributed by atoms with Crippen LogP contribution in [-0.4, -0.2) is 18.2 Å². The first-order chi connectivity index (χ1) is 13.5. The van der Waals surface area contributed by atoms with Crippen molar-refractivity contribution < 1.29 is 19.4 Å². The summed E-state index contributed by atoms with van der Waals surface area (Å²) in [6, 6.07) is 22.5. The van der Waals surface area contributed by atoms with Gasteiger partial charge in [-0.2, -0.15) is 0 Å². The van der Waals surface area contributed by atoms with Gasteiger partial charge in [0.15, 0.2) is 0 Å². The number of rotatable bonds is 7. The van der Waals surface area contributed by atoms with E-state index in [-0.39, 0.29) is 5.57 Å². The Morgan fingerprint density at radius 2 is 1.68 bits per heavy atom. The highest BCUT2D eigenvalue weighted by Gasteiger charge is 2.11. The van der Waals surface area contributed by atoms with Crippen molar-refractivity contribution in [2.24, 2.45) is 0 Å². The number of aliphatic carboxylic acids is 1. The molecule has 0 saturated heterocycles. The van der Waals surface area contributed by atoms with Crippen molar-refractivity contribution in [2.45, 2.75) is 13.5 Å². The summed E-state index contributed by atoms with van der Waals surface area (Å²) in [6.07, 6.45) is 1.64. The number of ether oxygens (including phenoxy) is 2. The Labute approximate surface area is 164 Å². The van der Waals surface area contributed by atoms with E-state index < -0.39 is 5.97 Å². The summed E-state index contributed by atoms with van der Waals surface area (Å²) in [5.74, 6) is 0.380. The molecular weight excluding hydrogens is 352 g/mol. The Morgan fingerprint density at radius 3 is 2.32 bits per heavy atom. The molecule has 4 heteroatoms. The molecule has 0 atom stereocenters.